The van der Waals surface area contributed by atoms with Gasteiger partial charge in [-0.3, -0.25) is 4.79 Å². The average Bonchev–Trinajstić information content (AvgIpc) is 3.14. The molecule has 124 valence electrons. The molecule has 1 aliphatic heterocycles. The first-order valence-corrected chi connectivity index (χ1v) is 8.11. The molecular weight excluding hydrogens is 282 g/mol. The van der Waals surface area contributed by atoms with E-state index in [4.69, 9.17) is 9.26 Å². The van der Waals surface area contributed by atoms with Gasteiger partial charge < -0.3 is 19.1 Å². The summed E-state index contributed by atoms with van der Waals surface area (Å²) < 4.78 is 10.9. The topological polar surface area (TPSA) is 58.8 Å². The fraction of sp³-hybridized carbons (Fsp3) is 0.750. The summed E-state index contributed by atoms with van der Waals surface area (Å²) in [6.07, 6.45) is 4.02. The number of nitrogens with zero attached hydrogens (tertiary/aromatic N) is 3. The minimum absolute atomic E-state index is 0.0662. The maximum absolute atomic E-state index is 12.7. The van der Waals surface area contributed by atoms with Crippen LogP contribution in [0.3, 0.4) is 0 Å². The van der Waals surface area contributed by atoms with Crippen molar-refractivity contribution >= 4 is 5.91 Å². The highest BCUT2D eigenvalue weighted by molar-refractivity contribution is 5.92. The smallest absolute Gasteiger partial charge is 0.276 e. The van der Waals surface area contributed by atoms with Gasteiger partial charge in [0, 0.05) is 38.7 Å². The van der Waals surface area contributed by atoms with Crippen molar-refractivity contribution in [2.24, 2.45) is 0 Å². The van der Waals surface area contributed by atoms with Crippen LogP contribution in [-0.4, -0.2) is 67.3 Å². The van der Waals surface area contributed by atoms with E-state index in [0.29, 0.717) is 18.8 Å². The molecule has 0 radical (unpaired) electrons. The van der Waals surface area contributed by atoms with E-state index in [-0.39, 0.29) is 12.0 Å². The molecule has 0 saturated carbocycles. The Morgan fingerprint density at radius 1 is 1.41 bits per heavy atom. The number of aromatic nitrogens is 1. The molecule has 0 aromatic carbocycles. The molecule has 1 saturated heterocycles. The van der Waals surface area contributed by atoms with Gasteiger partial charge in [0.05, 0.1) is 6.10 Å². The second kappa shape index (κ2) is 8.29. The number of amides is 1. The Morgan fingerprint density at radius 3 is 2.86 bits per heavy atom. The number of ether oxygens (including phenoxy) is 1. The van der Waals surface area contributed by atoms with Gasteiger partial charge in [-0.15, -0.1) is 0 Å². The van der Waals surface area contributed by atoms with Gasteiger partial charge in [0.2, 0.25) is 0 Å². The van der Waals surface area contributed by atoms with Gasteiger partial charge in [-0.05, 0) is 33.4 Å². The highest BCUT2D eigenvalue weighted by Crippen LogP contribution is 2.15. The molecule has 6 nitrogen and oxygen atoms in total. The van der Waals surface area contributed by atoms with E-state index in [1.165, 1.54) is 0 Å². The van der Waals surface area contributed by atoms with Crippen molar-refractivity contribution in [1.29, 1.82) is 0 Å². The van der Waals surface area contributed by atoms with Crippen LogP contribution < -0.4 is 0 Å². The van der Waals surface area contributed by atoms with Gasteiger partial charge >= 0.3 is 0 Å². The van der Waals surface area contributed by atoms with Crippen molar-refractivity contribution in [2.45, 2.75) is 38.7 Å². The molecule has 0 aliphatic carbocycles. The zero-order valence-electron chi connectivity index (χ0n) is 13.9. The lowest BCUT2D eigenvalue weighted by molar-refractivity contribution is 0.0504. The maximum atomic E-state index is 12.7. The molecule has 1 unspecified atom stereocenters. The van der Waals surface area contributed by atoms with Gasteiger partial charge in [0.15, 0.2) is 5.69 Å². The summed E-state index contributed by atoms with van der Waals surface area (Å²) in [6, 6.07) is 1.77. The average molecular weight is 309 g/mol. The number of likely N-dealkylation sites (N-methyl/N-ethyl adjacent to an activating group) is 1. The van der Waals surface area contributed by atoms with Gasteiger partial charge in [-0.25, -0.2) is 0 Å². The quantitative estimate of drug-likeness (QED) is 0.733. The van der Waals surface area contributed by atoms with Crippen LogP contribution in [0, 0.1) is 0 Å². The summed E-state index contributed by atoms with van der Waals surface area (Å²) >= 11 is 0. The third kappa shape index (κ3) is 4.81. The lowest BCUT2D eigenvalue weighted by Crippen LogP contribution is -2.41. The molecule has 0 N–H and O–H groups in total. The third-order valence-corrected chi connectivity index (χ3v) is 3.83. The Kier molecular flexibility index (Phi) is 6.39. The Hall–Kier alpha value is -1.40. The minimum atomic E-state index is -0.0662. The molecule has 0 bridgehead atoms. The number of aryl methyl sites for hydroxylation is 1. The van der Waals surface area contributed by atoms with Crippen LogP contribution in [0.15, 0.2) is 10.6 Å². The first kappa shape index (κ1) is 17.0. The molecule has 1 aromatic heterocycles. The van der Waals surface area contributed by atoms with Crippen molar-refractivity contribution in [3.05, 3.63) is 17.5 Å². The molecule has 2 heterocycles. The van der Waals surface area contributed by atoms with Crippen molar-refractivity contribution in [3.63, 3.8) is 0 Å². The second-order valence-corrected chi connectivity index (χ2v) is 6.12. The van der Waals surface area contributed by atoms with E-state index in [0.717, 1.165) is 44.6 Å². The van der Waals surface area contributed by atoms with Crippen molar-refractivity contribution in [2.75, 3.05) is 40.3 Å². The molecule has 1 aromatic rings. The molecule has 1 aliphatic rings. The van der Waals surface area contributed by atoms with Crippen LogP contribution in [0.4, 0.5) is 0 Å². The normalized spacial score (nSPS) is 18.1. The number of hydrogen-bond acceptors (Lipinski definition) is 5. The minimum Gasteiger partial charge on any atom is -0.376 e. The van der Waals surface area contributed by atoms with Crippen LogP contribution >= 0.6 is 0 Å². The van der Waals surface area contributed by atoms with E-state index in [1.54, 1.807) is 6.07 Å². The number of rotatable bonds is 8. The Balaban J connectivity index is 2.02. The summed E-state index contributed by atoms with van der Waals surface area (Å²) in [5.41, 5.74) is 0.403. The van der Waals surface area contributed by atoms with Crippen LogP contribution in [0.1, 0.15) is 42.4 Å². The fourth-order valence-electron chi connectivity index (χ4n) is 2.57. The van der Waals surface area contributed by atoms with Gasteiger partial charge in [-0.1, -0.05) is 12.1 Å². The SMILES string of the molecule is CCCc1cc(C(=O)N(CCN(C)C)CC2CCCO2)no1. The first-order valence-electron chi connectivity index (χ1n) is 8.11. The molecule has 22 heavy (non-hydrogen) atoms. The van der Waals surface area contributed by atoms with E-state index >= 15 is 0 Å². The second-order valence-electron chi connectivity index (χ2n) is 6.12. The fourth-order valence-corrected chi connectivity index (χ4v) is 2.57. The van der Waals surface area contributed by atoms with Crippen LogP contribution in [0.2, 0.25) is 0 Å². The highest BCUT2D eigenvalue weighted by atomic mass is 16.5. The van der Waals surface area contributed by atoms with E-state index in [1.807, 2.05) is 19.0 Å². The number of hydrogen-bond donors (Lipinski definition) is 0. The molecule has 1 fully saturated rings. The largest absolute Gasteiger partial charge is 0.376 e. The highest BCUT2D eigenvalue weighted by Gasteiger charge is 2.25. The van der Waals surface area contributed by atoms with E-state index in [9.17, 15) is 4.79 Å². The molecule has 0 spiro atoms. The zero-order valence-corrected chi connectivity index (χ0v) is 13.9. The molecule has 2 rings (SSSR count). The molecule has 1 atom stereocenters. The maximum Gasteiger partial charge on any atom is 0.276 e. The number of carbonyl (C=O) groups excluding carboxylic acids is 1. The summed E-state index contributed by atoms with van der Waals surface area (Å²) in [6.45, 7) is 4.98. The van der Waals surface area contributed by atoms with Gasteiger partial charge in [-0.2, -0.15) is 0 Å². The predicted octanol–water partition coefficient (Wildman–Crippen LogP) is 1.81. The molecule has 1 amide bonds. The Labute approximate surface area is 132 Å². The van der Waals surface area contributed by atoms with Gasteiger partial charge in [0.25, 0.3) is 5.91 Å². The Bertz CT molecular complexity index is 467. The van der Waals surface area contributed by atoms with Crippen LogP contribution in [0.25, 0.3) is 0 Å². The standard InChI is InChI=1S/C16H27N3O3/c1-4-6-13-11-15(17-22-13)16(20)19(9-8-18(2)3)12-14-7-5-10-21-14/h11,14H,4-10,12H2,1-3H3. The summed E-state index contributed by atoms with van der Waals surface area (Å²) in [7, 11) is 4.01. The van der Waals surface area contributed by atoms with Crippen molar-refractivity contribution < 1.29 is 14.1 Å². The summed E-state index contributed by atoms with van der Waals surface area (Å²) in [5.74, 6) is 0.707. The molecular formula is C16H27N3O3. The number of carbonyl (C=O) groups is 1. The lowest BCUT2D eigenvalue weighted by Gasteiger charge is -2.26. The summed E-state index contributed by atoms with van der Waals surface area (Å²) in [5, 5.41) is 3.94. The predicted molar refractivity (Wildman–Crippen MR) is 83.9 cm³/mol. The summed E-state index contributed by atoms with van der Waals surface area (Å²) in [4.78, 5) is 16.6. The first-order chi connectivity index (χ1) is 10.6. The van der Waals surface area contributed by atoms with Crippen molar-refractivity contribution in [1.82, 2.24) is 15.0 Å². The monoisotopic (exact) mass is 309 g/mol. The van der Waals surface area contributed by atoms with Gasteiger partial charge in [0.1, 0.15) is 5.76 Å². The molecule has 6 heteroatoms. The lowest BCUT2D eigenvalue weighted by atomic mass is 10.2. The third-order valence-electron chi connectivity index (χ3n) is 3.83. The zero-order chi connectivity index (χ0) is 15.9. The van der Waals surface area contributed by atoms with E-state index < -0.39 is 0 Å². The Morgan fingerprint density at radius 2 is 2.23 bits per heavy atom. The van der Waals surface area contributed by atoms with E-state index in [2.05, 4.69) is 17.0 Å². The van der Waals surface area contributed by atoms with Crippen LogP contribution in [-0.2, 0) is 11.2 Å². The van der Waals surface area contributed by atoms with Crippen LogP contribution in [0.5, 0.6) is 0 Å². The van der Waals surface area contributed by atoms with Crippen molar-refractivity contribution in [3.8, 4) is 0 Å².